The summed E-state index contributed by atoms with van der Waals surface area (Å²) >= 11 is 1.67. The predicted octanol–water partition coefficient (Wildman–Crippen LogP) is 2.36. The van der Waals surface area contributed by atoms with E-state index in [0.29, 0.717) is 5.75 Å². The van der Waals surface area contributed by atoms with Gasteiger partial charge in [0.15, 0.2) is 10.1 Å². The molecular weight excluding hydrogens is 321 g/mol. The minimum absolute atomic E-state index is 0.0353. The normalized spacial score (nSPS) is 11.3. The van der Waals surface area contributed by atoms with Crippen molar-refractivity contribution in [3.8, 4) is 5.75 Å². The molecule has 0 aliphatic rings. The highest BCUT2D eigenvalue weighted by Crippen LogP contribution is 2.20. The van der Waals surface area contributed by atoms with E-state index in [1.165, 1.54) is 11.8 Å². The van der Waals surface area contributed by atoms with Gasteiger partial charge in [-0.25, -0.2) is 8.42 Å². The molecule has 1 rings (SSSR count). The average Bonchev–Trinajstić information content (AvgIpc) is 2.27. The fourth-order valence-corrected chi connectivity index (χ4v) is 1.22. The molecule has 0 unspecified atom stereocenters. The van der Waals surface area contributed by atoms with Crippen molar-refractivity contribution in [3.63, 3.8) is 0 Å². The number of ether oxygens (including phenoxy) is 1. The summed E-state index contributed by atoms with van der Waals surface area (Å²) in [6.07, 6.45) is 2.01. The van der Waals surface area contributed by atoms with Crippen LogP contribution in [-0.4, -0.2) is 35.5 Å². The van der Waals surface area contributed by atoms with Gasteiger partial charge in [-0.2, -0.15) is 13.2 Å². The molecule has 1 N–H and O–H groups in total. The maximum Gasteiger partial charge on any atom is 0.485 e. The van der Waals surface area contributed by atoms with Crippen LogP contribution >= 0.6 is 11.8 Å². The molecule has 0 bridgehead atoms. The van der Waals surface area contributed by atoms with Gasteiger partial charge in [-0.15, -0.1) is 11.8 Å². The van der Waals surface area contributed by atoms with E-state index in [1.807, 2.05) is 30.5 Å². The van der Waals surface area contributed by atoms with Gasteiger partial charge in [0.05, 0.1) is 6.92 Å². The zero-order chi connectivity index (χ0) is 16.0. The summed E-state index contributed by atoms with van der Waals surface area (Å²) in [6, 6.07) is 7.54. The molecule has 0 amide bonds. The minimum atomic E-state index is -6.09. The lowest BCUT2D eigenvalue weighted by Crippen LogP contribution is -2.21. The van der Waals surface area contributed by atoms with E-state index in [2.05, 4.69) is 0 Å². The maximum absolute atomic E-state index is 10.7. The number of rotatable bonds is 2. The Balaban J connectivity index is 0.000000396. The van der Waals surface area contributed by atoms with Gasteiger partial charge in [-0.05, 0) is 18.4 Å². The molecule has 0 aromatic heterocycles. The van der Waals surface area contributed by atoms with Crippen LogP contribution < -0.4 is 4.74 Å². The molecule has 0 aliphatic heterocycles. The van der Waals surface area contributed by atoms with Crippen molar-refractivity contribution in [1.82, 2.24) is 0 Å². The molecule has 0 atom stereocenters. The first-order chi connectivity index (χ1) is 8.97. The Kier molecular flexibility index (Phi) is 7.03. The van der Waals surface area contributed by atoms with Crippen LogP contribution in [0.2, 0.25) is 0 Å². The molecule has 0 saturated heterocycles. The van der Waals surface area contributed by atoms with Crippen molar-refractivity contribution >= 4 is 27.8 Å². The first-order valence-electron chi connectivity index (χ1n) is 4.84. The van der Waals surface area contributed by atoms with Crippen LogP contribution in [0.3, 0.4) is 0 Å². The van der Waals surface area contributed by atoms with Crippen LogP contribution in [0, 0.1) is 0 Å². The lowest BCUT2D eigenvalue weighted by molar-refractivity contribution is -0.0517. The molecule has 5 nitrogen and oxygen atoms in total. The molecule has 114 valence electrons. The fraction of sp³-hybridized carbons (Fsp3) is 0.300. The van der Waals surface area contributed by atoms with E-state index >= 15 is 0 Å². The second-order valence-electron chi connectivity index (χ2n) is 3.20. The van der Waals surface area contributed by atoms with Crippen molar-refractivity contribution in [1.29, 1.82) is 0 Å². The van der Waals surface area contributed by atoms with Crippen molar-refractivity contribution in [2.24, 2.45) is 0 Å². The number of benzene rings is 1. The minimum Gasteiger partial charge on any atom is -0.741 e. The zero-order valence-electron chi connectivity index (χ0n) is 10.3. The average molecular weight is 332 g/mol. The van der Waals surface area contributed by atoms with E-state index in [4.69, 9.17) is 22.5 Å². The van der Waals surface area contributed by atoms with Gasteiger partial charge in [0.1, 0.15) is 0 Å². The van der Waals surface area contributed by atoms with Crippen LogP contribution in [0.15, 0.2) is 29.2 Å². The van der Waals surface area contributed by atoms with Crippen LogP contribution in [0.4, 0.5) is 13.2 Å². The molecule has 0 radical (unpaired) electrons. The van der Waals surface area contributed by atoms with E-state index in [0.717, 1.165) is 0 Å². The largest absolute Gasteiger partial charge is 0.741 e. The van der Waals surface area contributed by atoms with Crippen molar-refractivity contribution in [3.05, 3.63) is 24.3 Å². The van der Waals surface area contributed by atoms with Gasteiger partial charge in [0.2, 0.25) is 5.75 Å². The third-order valence-corrected chi connectivity index (χ3v) is 2.92. The molecule has 10 heteroatoms. The quantitative estimate of drug-likeness (QED) is 0.207. The number of thioether (sulfide) groups is 1. The Hall–Kier alpha value is -1.26. The fourth-order valence-electron chi connectivity index (χ4n) is 0.814. The van der Waals surface area contributed by atoms with Crippen molar-refractivity contribution in [2.75, 3.05) is 6.26 Å². The summed E-state index contributed by atoms with van der Waals surface area (Å²) in [4.78, 5) is 10.0. The van der Waals surface area contributed by atoms with Crippen LogP contribution in [0.25, 0.3) is 0 Å². The van der Waals surface area contributed by atoms with Gasteiger partial charge < -0.3 is 9.35 Å². The Morgan fingerprint density at radius 3 is 1.95 bits per heavy atom. The third-order valence-electron chi connectivity index (χ3n) is 1.61. The summed E-state index contributed by atoms with van der Waals surface area (Å²) in [7, 11) is -6.09. The molecule has 20 heavy (non-hydrogen) atoms. The summed E-state index contributed by atoms with van der Waals surface area (Å²) < 4.78 is 63.9. The number of esters is 1. The van der Waals surface area contributed by atoms with Crippen molar-refractivity contribution in [2.45, 2.75) is 17.3 Å². The van der Waals surface area contributed by atoms with E-state index in [1.54, 1.807) is 11.8 Å². The molecule has 0 spiro atoms. The highest BCUT2D eigenvalue weighted by atomic mass is 32.2. The standard InChI is InChI=1S/C9H10O2S.CHF3O3S/c1-7(10)11-8-3-5-9(12-2)6-4-8;2-1(3,4)8(5,6)7/h3-6H,1-2H3;(H,5,6,7). The first-order valence-corrected chi connectivity index (χ1v) is 7.47. The Labute approximate surface area is 117 Å². The molecular formula is C10H11F3O5S2. The number of hydrogen-bond donors (Lipinski definition) is 0. The summed E-state index contributed by atoms with van der Waals surface area (Å²) in [6.45, 7) is 1.50. The van der Waals surface area contributed by atoms with Gasteiger partial charge in [0.25, 0.3) is 0 Å². The molecule has 0 fully saturated rings. The number of halogens is 3. The summed E-state index contributed by atoms with van der Waals surface area (Å²) in [5, 5.41) is 0. The summed E-state index contributed by atoms with van der Waals surface area (Å²) in [5.41, 5.74) is -5.65. The number of hydrogen-bond acceptors (Lipinski definition) is 5. The number of alkyl halides is 3. The van der Waals surface area contributed by atoms with Crippen molar-refractivity contribution < 1.29 is 35.7 Å². The van der Waals surface area contributed by atoms with Gasteiger partial charge in [0, 0.05) is 17.0 Å². The second kappa shape index (κ2) is 7.50. The van der Waals surface area contributed by atoms with E-state index in [9.17, 15) is 13.2 Å². The van der Waals surface area contributed by atoms with Crippen LogP contribution in [0.5, 0.6) is 5.75 Å². The Bertz CT molecular complexity index is 537. The lowest BCUT2D eigenvalue weighted by Gasteiger charge is -2.08. The second-order valence-corrected chi connectivity index (χ2v) is 5.45. The highest BCUT2D eigenvalue weighted by Gasteiger charge is 2.36. The Morgan fingerprint density at radius 1 is 1.30 bits per heavy atom. The van der Waals surface area contributed by atoms with E-state index in [-0.39, 0.29) is 5.97 Å². The Morgan fingerprint density at radius 2 is 1.70 bits per heavy atom. The monoisotopic (exact) mass is 332 g/mol. The zero-order valence-corrected chi connectivity index (χ0v) is 12.0. The van der Waals surface area contributed by atoms with Gasteiger partial charge >= 0.3 is 11.5 Å². The summed E-state index contributed by atoms with van der Waals surface area (Å²) in [5.74, 6) is 0.625. The SMILES string of the molecule is CSc1ccc(OC(C)=[OH+])cc1.O=S(=O)([O-])C(F)(F)F. The number of carbonyl (C=O) groups excluding carboxylic acids is 1. The molecule has 1 aromatic rings. The van der Waals surface area contributed by atoms with Crippen LogP contribution in [-0.2, 0) is 10.1 Å². The van der Waals surface area contributed by atoms with Gasteiger partial charge in [-0.1, -0.05) is 0 Å². The lowest BCUT2D eigenvalue weighted by atomic mass is 10.3. The highest BCUT2D eigenvalue weighted by molar-refractivity contribution is 7.98. The topological polar surface area (TPSA) is 87.8 Å². The smallest absolute Gasteiger partial charge is 0.485 e. The third kappa shape index (κ3) is 7.36. The van der Waals surface area contributed by atoms with Crippen LogP contribution in [0.1, 0.15) is 6.92 Å². The predicted molar refractivity (Wildman–Crippen MR) is 67.2 cm³/mol. The first kappa shape index (κ1) is 18.7. The molecule has 1 aromatic carbocycles. The maximum atomic E-state index is 10.7. The van der Waals surface area contributed by atoms with Gasteiger partial charge in [-0.3, -0.25) is 4.74 Å². The molecule has 0 heterocycles. The molecule has 0 saturated carbocycles. The van der Waals surface area contributed by atoms with E-state index < -0.39 is 15.6 Å². The molecule has 0 aliphatic carbocycles.